The molecule has 2 aromatic rings. The molecule has 5 nitrogen and oxygen atoms in total. The third-order valence-corrected chi connectivity index (χ3v) is 5.01. The van der Waals surface area contributed by atoms with E-state index in [-0.39, 0.29) is 5.91 Å². The van der Waals surface area contributed by atoms with E-state index in [1.54, 1.807) is 0 Å². The first kappa shape index (κ1) is 13.8. The summed E-state index contributed by atoms with van der Waals surface area (Å²) in [6.45, 7) is 4.08. The van der Waals surface area contributed by atoms with E-state index in [2.05, 4.69) is 15.1 Å². The third kappa shape index (κ3) is 2.39. The minimum absolute atomic E-state index is 0.0707. The number of carbonyl (C=O) groups excluding carboxylic acids is 1. The van der Waals surface area contributed by atoms with Gasteiger partial charge in [0.05, 0.1) is 5.52 Å². The summed E-state index contributed by atoms with van der Waals surface area (Å²) in [7, 11) is 0. The molecule has 1 N–H and O–H groups in total. The number of aromatic nitrogens is 2. The topological polar surface area (TPSA) is 52.2 Å². The maximum Gasteiger partial charge on any atom is 0.275 e. The molecule has 2 aliphatic rings. The lowest BCUT2D eigenvalue weighted by Crippen LogP contribution is -2.49. The molecule has 0 aliphatic carbocycles. The number of benzene rings is 1. The number of nitrogens with zero attached hydrogens (tertiary/aromatic N) is 3. The van der Waals surface area contributed by atoms with Crippen molar-refractivity contribution in [1.29, 1.82) is 0 Å². The number of nitrogens with one attached hydrogen (secondary N) is 1. The van der Waals surface area contributed by atoms with Gasteiger partial charge in [-0.1, -0.05) is 18.2 Å². The summed E-state index contributed by atoms with van der Waals surface area (Å²) in [6, 6.07) is 8.37. The van der Waals surface area contributed by atoms with Crippen molar-refractivity contribution in [3.8, 4) is 0 Å². The Hall–Kier alpha value is -1.88. The largest absolute Gasteiger partial charge is 0.336 e. The molecule has 4 rings (SSSR count). The lowest BCUT2D eigenvalue weighted by atomic mass is 10.0. The van der Waals surface area contributed by atoms with E-state index in [9.17, 15) is 4.79 Å². The minimum atomic E-state index is 0.0707. The number of amides is 1. The number of aromatic amines is 1. The van der Waals surface area contributed by atoms with Crippen LogP contribution in [-0.2, 0) is 0 Å². The SMILES string of the molecule is O=C(c1n[nH]c2ccccc12)N1CCC[C@H](N2CCCC2)C1. The smallest absolute Gasteiger partial charge is 0.275 e. The molecule has 0 spiro atoms. The first-order valence-electron chi connectivity index (χ1n) is 8.29. The number of fused-ring (bicyclic) bond motifs is 1. The average molecular weight is 298 g/mol. The maximum atomic E-state index is 12.9. The van der Waals surface area contributed by atoms with E-state index in [0.717, 1.165) is 30.4 Å². The highest BCUT2D eigenvalue weighted by molar-refractivity contribution is 6.04. The molecule has 22 heavy (non-hydrogen) atoms. The Balaban J connectivity index is 1.54. The van der Waals surface area contributed by atoms with Gasteiger partial charge in [0.25, 0.3) is 5.91 Å². The highest BCUT2D eigenvalue weighted by Gasteiger charge is 2.30. The number of carbonyl (C=O) groups is 1. The number of piperidine rings is 1. The highest BCUT2D eigenvalue weighted by atomic mass is 16.2. The summed E-state index contributed by atoms with van der Waals surface area (Å²) in [5, 5.41) is 8.16. The van der Waals surface area contributed by atoms with Crippen LogP contribution in [0.1, 0.15) is 36.2 Å². The maximum absolute atomic E-state index is 12.9. The Bertz CT molecular complexity index is 674. The van der Waals surface area contributed by atoms with Gasteiger partial charge >= 0.3 is 0 Å². The van der Waals surface area contributed by atoms with Gasteiger partial charge in [-0.3, -0.25) is 14.8 Å². The van der Waals surface area contributed by atoms with Gasteiger partial charge < -0.3 is 4.90 Å². The molecular formula is C17H22N4O. The molecule has 3 heterocycles. The molecule has 2 aliphatic heterocycles. The molecule has 1 aromatic heterocycles. The highest BCUT2D eigenvalue weighted by Crippen LogP contribution is 2.23. The van der Waals surface area contributed by atoms with Gasteiger partial charge in [-0.05, 0) is 44.8 Å². The minimum Gasteiger partial charge on any atom is -0.336 e. The standard InChI is InChI=1S/C17H22N4O/c22-17(16-14-7-1-2-8-15(14)18-19-16)21-11-5-6-13(12-21)20-9-3-4-10-20/h1-2,7-8,13H,3-6,9-12H2,(H,18,19)/t13-/m0/s1. The predicted molar refractivity (Wildman–Crippen MR) is 85.8 cm³/mol. The Morgan fingerprint density at radius 2 is 1.95 bits per heavy atom. The quantitative estimate of drug-likeness (QED) is 0.925. The number of para-hydroxylation sites is 1. The van der Waals surface area contributed by atoms with Crippen molar-refractivity contribution in [2.45, 2.75) is 31.7 Å². The van der Waals surface area contributed by atoms with Crippen LogP contribution in [0.5, 0.6) is 0 Å². The van der Waals surface area contributed by atoms with Crippen molar-refractivity contribution in [3.63, 3.8) is 0 Å². The van der Waals surface area contributed by atoms with Crippen LogP contribution < -0.4 is 0 Å². The van der Waals surface area contributed by atoms with E-state index in [1.165, 1.54) is 32.4 Å². The predicted octanol–water partition coefficient (Wildman–Crippen LogP) is 2.26. The monoisotopic (exact) mass is 298 g/mol. The second-order valence-electron chi connectivity index (χ2n) is 6.41. The van der Waals surface area contributed by atoms with E-state index in [0.29, 0.717) is 11.7 Å². The average Bonchev–Trinajstić information content (AvgIpc) is 3.24. The van der Waals surface area contributed by atoms with Crippen LogP contribution in [0.25, 0.3) is 10.9 Å². The van der Waals surface area contributed by atoms with E-state index in [1.807, 2.05) is 29.2 Å². The molecule has 0 unspecified atom stereocenters. The molecular weight excluding hydrogens is 276 g/mol. The zero-order valence-electron chi connectivity index (χ0n) is 12.8. The molecule has 1 amide bonds. The first-order chi connectivity index (χ1) is 10.8. The lowest BCUT2D eigenvalue weighted by Gasteiger charge is -2.37. The van der Waals surface area contributed by atoms with Crippen LogP contribution in [0.2, 0.25) is 0 Å². The van der Waals surface area contributed by atoms with Gasteiger partial charge in [-0.25, -0.2) is 0 Å². The van der Waals surface area contributed by atoms with Crippen LogP contribution in [0.15, 0.2) is 24.3 Å². The van der Waals surface area contributed by atoms with Gasteiger partial charge in [0, 0.05) is 24.5 Å². The summed E-state index contributed by atoms with van der Waals surface area (Å²) in [4.78, 5) is 17.4. The molecule has 0 radical (unpaired) electrons. The third-order valence-electron chi connectivity index (χ3n) is 5.01. The summed E-state index contributed by atoms with van der Waals surface area (Å²) in [6.07, 6.45) is 4.91. The lowest BCUT2D eigenvalue weighted by molar-refractivity contribution is 0.0604. The molecule has 1 aromatic carbocycles. The molecule has 1 atom stereocenters. The molecule has 0 saturated carbocycles. The van der Waals surface area contributed by atoms with Crippen molar-refractivity contribution >= 4 is 16.8 Å². The zero-order valence-corrected chi connectivity index (χ0v) is 12.8. The fraction of sp³-hybridized carbons (Fsp3) is 0.529. The molecule has 5 heteroatoms. The van der Waals surface area contributed by atoms with Crippen LogP contribution >= 0.6 is 0 Å². The van der Waals surface area contributed by atoms with Crippen molar-refractivity contribution in [1.82, 2.24) is 20.0 Å². The summed E-state index contributed by atoms with van der Waals surface area (Å²) < 4.78 is 0. The van der Waals surface area contributed by atoms with Gasteiger partial charge in [0.2, 0.25) is 0 Å². The van der Waals surface area contributed by atoms with Gasteiger partial charge in [0.1, 0.15) is 0 Å². The number of H-pyrrole nitrogens is 1. The first-order valence-corrected chi connectivity index (χ1v) is 8.29. The van der Waals surface area contributed by atoms with Crippen LogP contribution in [0, 0.1) is 0 Å². The molecule has 2 fully saturated rings. The van der Waals surface area contributed by atoms with Crippen molar-refractivity contribution in [3.05, 3.63) is 30.0 Å². The fourth-order valence-electron chi connectivity index (χ4n) is 3.82. The van der Waals surface area contributed by atoms with E-state index < -0.39 is 0 Å². The second-order valence-corrected chi connectivity index (χ2v) is 6.41. The van der Waals surface area contributed by atoms with Gasteiger partial charge in [-0.15, -0.1) is 0 Å². The van der Waals surface area contributed by atoms with Crippen molar-refractivity contribution < 1.29 is 4.79 Å². The fourth-order valence-corrected chi connectivity index (χ4v) is 3.82. The number of likely N-dealkylation sites (tertiary alicyclic amines) is 2. The Labute approximate surface area is 130 Å². The van der Waals surface area contributed by atoms with Crippen molar-refractivity contribution in [2.75, 3.05) is 26.2 Å². The van der Waals surface area contributed by atoms with Crippen LogP contribution in [0.3, 0.4) is 0 Å². The number of hydrogen-bond acceptors (Lipinski definition) is 3. The van der Waals surface area contributed by atoms with Crippen LogP contribution in [-0.4, -0.2) is 58.1 Å². The number of rotatable bonds is 2. The molecule has 0 bridgehead atoms. The summed E-state index contributed by atoms with van der Waals surface area (Å²) in [5.41, 5.74) is 1.50. The number of hydrogen-bond donors (Lipinski definition) is 1. The normalized spacial score (nSPS) is 23.3. The van der Waals surface area contributed by atoms with E-state index >= 15 is 0 Å². The van der Waals surface area contributed by atoms with Crippen molar-refractivity contribution in [2.24, 2.45) is 0 Å². The van der Waals surface area contributed by atoms with E-state index in [4.69, 9.17) is 0 Å². The molecule has 2 saturated heterocycles. The summed E-state index contributed by atoms with van der Waals surface area (Å²) in [5.74, 6) is 0.0707. The zero-order chi connectivity index (χ0) is 14.9. The summed E-state index contributed by atoms with van der Waals surface area (Å²) >= 11 is 0. The molecule has 116 valence electrons. The Morgan fingerprint density at radius 1 is 1.14 bits per heavy atom. The van der Waals surface area contributed by atoms with Crippen LogP contribution in [0.4, 0.5) is 0 Å². The Kier molecular flexibility index (Phi) is 3.58. The Morgan fingerprint density at radius 3 is 2.82 bits per heavy atom. The van der Waals surface area contributed by atoms with Gasteiger partial charge in [-0.2, -0.15) is 5.10 Å². The second kappa shape index (κ2) is 5.72. The van der Waals surface area contributed by atoms with Gasteiger partial charge in [0.15, 0.2) is 5.69 Å².